The third kappa shape index (κ3) is 3.21. The summed E-state index contributed by atoms with van der Waals surface area (Å²) in [4.78, 5) is 19.0. The number of carbonyl (C=O) groups excluding carboxylic acids is 1. The molecular weight excluding hydrogens is 356 g/mol. The summed E-state index contributed by atoms with van der Waals surface area (Å²) in [5, 5.41) is 0.970. The molecule has 2 aromatic carbocycles. The number of hydrogen-bond donors (Lipinski definition) is 0. The molecule has 1 unspecified atom stereocenters. The molecule has 1 aliphatic heterocycles. The van der Waals surface area contributed by atoms with Crippen molar-refractivity contribution in [2.75, 3.05) is 11.5 Å². The average Bonchev–Trinajstić information content (AvgIpc) is 3.09. The first kappa shape index (κ1) is 18.0. The van der Waals surface area contributed by atoms with Gasteiger partial charge in [-0.25, -0.2) is 4.98 Å². The minimum Gasteiger partial charge on any atom is -0.492 e. The van der Waals surface area contributed by atoms with E-state index in [4.69, 9.17) is 9.72 Å². The number of aromatic nitrogens is 1. The van der Waals surface area contributed by atoms with Crippen molar-refractivity contribution in [3.05, 3.63) is 42.0 Å². The Morgan fingerprint density at radius 2 is 2.11 bits per heavy atom. The van der Waals surface area contributed by atoms with E-state index < -0.39 is 0 Å². The summed E-state index contributed by atoms with van der Waals surface area (Å²) in [5.41, 5.74) is 4.16. The molecule has 2 heterocycles. The molecule has 1 amide bonds. The van der Waals surface area contributed by atoms with Crippen molar-refractivity contribution in [1.82, 2.24) is 4.98 Å². The molecule has 0 N–H and O–H groups in total. The minimum atomic E-state index is 0.0811. The van der Waals surface area contributed by atoms with Crippen molar-refractivity contribution in [2.24, 2.45) is 0 Å². The van der Waals surface area contributed by atoms with E-state index in [1.54, 1.807) is 18.3 Å². The third-order valence-electron chi connectivity index (χ3n) is 5.06. The van der Waals surface area contributed by atoms with E-state index in [-0.39, 0.29) is 11.9 Å². The Hall–Kier alpha value is -2.40. The summed E-state index contributed by atoms with van der Waals surface area (Å²) >= 11 is 1.68. The van der Waals surface area contributed by atoms with Gasteiger partial charge in [-0.2, -0.15) is 0 Å². The minimum absolute atomic E-state index is 0.0811. The molecule has 1 atom stereocenters. The summed E-state index contributed by atoms with van der Waals surface area (Å²) in [6, 6.07) is 12.5. The van der Waals surface area contributed by atoms with Gasteiger partial charge < -0.3 is 9.64 Å². The molecule has 0 spiro atoms. The largest absolute Gasteiger partial charge is 0.492 e. The molecule has 0 saturated heterocycles. The molecule has 3 aromatic rings. The summed E-state index contributed by atoms with van der Waals surface area (Å²) in [7, 11) is 0. The number of amides is 1. The Morgan fingerprint density at radius 1 is 1.30 bits per heavy atom. The number of fused-ring (bicyclic) bond motifs is 2. The maximum Gasteiger partial charge on any atom is 0.224 e. The van der Waals surface area contributed by atoms with E-state index in [2.05, 4.69) is 32.0 Å². The van der Waals surface area contributed by atoms with E-state index in [1.807, 2.05) is 23.1 Å². The first-order chi connectivity index (χ1) is 13.1. The smallest absolute Gasteiger partial charge is 0.224 e. The van der Waals surface area contributed by atoms with Crippen molar-refractivity contribution < 1.29 is 9.53 Å². The normalized spacial score (nSPS) is 16.4. The zero-order valence-corrected chi connectivity index (χ0v) is 16.8. The van der Waals surface area contributed by atoms with Crippen LogP contribution in [0.5, 0.6) is 5.75 Å². The van der Waals surface area contributed by atoms with E-state index in [0.717, 1.165) is 52.4 Å². The second kappa shape index (κ2) is 7.31. The van der Waals surface area contributed by atoms with Gasteiger partial charge in [0.1, 0.15) is 10.8 Å². The van der Waals surface area contributed by atoms with Crippen LogP contribution in [0.15, 0.2) is 36.4 Å². The molecule has 1 aromatic heterocycles. The molecule has 0 bridgehead atoms. The van der Waals surface area contributed by atoms with Crippen LogP contribution >= 0.6 is 11.3 Å². The highest BCUT2D eigenvalue weighted by atomic mass is 32.1. The van der Waals surface area contributed by atoms with E-state index >= 15 is 0 Å². The lowest BCUT2D eigenvalue weighted by atomic mass is 9.93. The molecule has 5 heteroatoms. The predicted octanol–water partition coefficient (Wildman–Crippen LogP) is 5.44. The van der Waals surface area contributed by atoms with Gasteiger partial charge in [0.2, 0.25) is 5.91 Å². The summed E-state index contributed by atoms with van der Waals surface area (Å²) in [6.45, 7) is 6.51. The van der Waals surface area contributed by atoms with Gasteiger partial charge in [0.05, 0.1) is 28.1 Å². The van der Waals surface area contributed by atoms with E-state index in [1.165, 1.54) is 4.70 Å². The standard InChI is InChI=1S/C22H24N2O2S/c1-4-13-26-21-16-10-9-14(2)24(15(3)25)19(16)12-11-17(21)22-23-18-7-5-6-8-20(18)27-22/h5-8,11-12,14H,4,9-10,13H2,1-3H3. The molecule has 0 radical (unpaired) electrons. The van der Waals surface area contributed by atoms with Crippen molar-refractivity contribution in [3.63, 3.8) is 0 Å². The van der Waals surface area contributed by atoms with Gasteiger partial charge >= 0.3 is 0 Å². The Labute approximate surface area is 163 Å². The quantitative estimate of drug-likeness (QED) is 0.605. The van der Waals surface area contributed by atoms with Crippen LogP contribution in [0.4, 0.5) is 5.69 Å². The molecule has 0 aliphatic carbocycles. The van der Waals surface area contributed by atoms with Crippen molar-refractivity contribution >= 4 is 33.1 Å². The van der Waals surface area contributed by atoms with E-state index in [0.29, 0.717) is 6.61 Å². The molecular formula is C22H24N2O2S. The summed E-state index contributed by atoms with van der Waals surface area (Å²) in [6.07, 6.45) is 2.80. The zero-order valence-electron chi connectivity index (χ0n) is 16.0. The average molecular weight is 381 g/mol. The fourth-order valence-corrected chi connectivity index (χ4v) is 4.80. The second-order valence-corrected chi connectivity index (χ2v) is 8.08. The van der Waals surface area contributed by atoms with Gasteiger partial charge in [-0.15, -0.1) is 11.3 Å². The number of anilines is 1. The Kier molecular flexibility index (Phi) is 4.87. The maximum absolute atomic E-state index is 12.2. The number of thiazole rings is 1. The van der Waals surface area contributed by atoms with Crippen LogP contribution in [-0.2, 0) is 11.2 Å². The zero-order chi connectivity index (χ0) is 19.0. The van der Waals surface area contributed by atoms with Crippen LogP contribution in [0.3, 0.4) is 0 Å². The van der Waals surface area contributed by atoms with Crippen LogP contribution < -0.4 is 9.64 Å². The molecule has 1 aliphatic rings. The van der Waals surface area contributed by atoms with E-state index in [9.17, 15) is 4.79 Å². The van der Waals surface area contributed by atoms with Crippen LogP contribution in [-0.4, -0.2) is 23.5 Å². The molecule has 0 saturated carbocycles. The number of benzene rings is 2. The topological polar surface area (TPSA) is 42.4 Å². The van der Waals surface area contributed by atoms with Gasteiger partial charge in [0.15, 0.2) is 0 Å². The SMILES string of the molecule is CCCOc1c(-c2nc3ccccc3s2)ccc2c1CCC(C)N2C(C)=O. The number of rotatable bonds is 4. The predicted molar refractivity (Wildman–Crippen MR) is 112 cm³/mol. The fourth-order valence-electron chi connectivity index (χ4n) is 3.81. The first-order valence-electron chi connectivity index (χ1n) is 9.54. The van der Waals surface area contributed by atoms with Crippen LogP contribution in [0, 0.1) is 0 Å². The molecule has 4 nitrogen and oxygen atoms in total. The highest BCUT2D eigenvalue weighted by Crippen LogP contribution is 2.44. The van der Waals surface area contributed by atoms with Crippen molar-refractivity contribution in [3.8, 4) is 16.3 Å². The highest BCUT2D eigenvalue weighted by Gasteiger charge is 2.30. The Morgan fingerprint density at radius 3 is 2.85 bits per heavy atom. The monoisotopic (exact) mass is 380 g/mol. The lowest BCUT2D eigenvalue weighted by molar-refractivity contribution is -0.117. The third-order valence-corrected chi connectivity index (χ3v) is 6.13. The molecule has 27 heavy (non-hydrogen) atoms. The van der Waals surface area contributed by atoms with Gasteiger partial charge in [0, 0.05) is 18.5 Å². The molecule has 0 fully saturated rings. The van der Waals surface area contributed by atoms with Gasteiger partial charge in [-0.05, 0) is 50.5 Å². The summed E-state index contributed by atoms with van der Waals surface area (Å²) < 4.78 is 7.40. The van der Waals surface area contributed by atoms with Gasteiger partial charge in [-0.1, -0.05) is 19.1 Å². The second-order valence-electron chi connectivity index (χ2n) is 7.05. The Bertz CT molecular complexity index is 962. The van der Waals surface area contributed by atoms with Crippen molar-refractivity contribution in [2.45, 2.75) is 46.1 Å². The summed E-state index contributed by atoms with van der Waals surface area (Å²) in [5.74, 6) is 0.976. The van der Waals surface area contributed by atoms with Crippen LogP contribution in [0.25, 0.3) is 20.8 Å². The van der Waals surface area contributed by atoms with Gasteiger partial charge in [0.25, 0.3) is 0 Å². The van der Waals surface area contributed by atoms with Crippen LogP contribution in [0.1, 0.15) is 39.2 Å². The van der Waals surface area contributed by atoms with Gasteiger partial charge in [-0.3, -0.25) is 4.79 Å². The van der Waals surface area contributed by atoms with Crippen molar-refractivity contribution in [1.29, 1.82) is 0 Å². The lowest BCUT2D eigenvalue weighted by Gasteiger charge is -2.35. The lowest BCUT2D eigenvalue weighted by Crippen LogP contribution is -2.40. The highest BCUT2D eigenvalue weighted by molar-refractivity contribution is 7.21. The maximum atomic E-state index is 12.2. The number of para-hydroxylation sites is 1. The number of ether oxygens (including phenoxy) is 1. The molecule has 4 rings (SSSR count). The Balaban J connectivity index is 1.88. The first-order valence-corrected chi connectivity index (χ1v) is 10.4. The van der Waals surface area contributed by atoms with Crippen LogP contribution in [0.2, 0.25) is 0 Å². The number of nitrogens with zero attached hydrogens (tertiary/aromatic N) is 2. The number of carbonyl (C=O) groups is 1. The fraction of sp³-hybridized carbons (Fsp3) is 0.364. The number of hydrogen-bond acceptors (Lipinski definition) is 4. The molecule has 140 valence electrons.